The van der Waals surface area contributed by atoms with Crippen molar-refractivity contribution in [2.45, 2.75) is 44.2 Å². The first-order chi connectivity index (χ1) is 9.35. The Morgan fingerprint density at radius 3 is 2.58 bits per heavy atom. The van der Waals surface area contributed by atoms with Crippen LogP contribution in [-0.4, -0.2) is 36.7 Å². The van der Waals surface area contributed by atoms with E-state index in [0.29, 0.717) is 30.6 Å². The lowest BCUT2D eigenvalue weighted by Gasteiger charge is -2.43. The molecule has 0 amide bonds. The third kappa shape index (κ3) is 2.41. The SMILES string of the molecule is C=CCOC1C2CC(CC2C=C)C1N1CCCCC1. The molecule has 3 fully saturated rings. The van der Waals surface area contributed by atoms with Crippen molar-refractivity contribution in [2.24, 2.45) is 17.8 Å². The minimum absolute atomic E-state index is 0.415. The maximum atomic E-state index is 6.18. The lowest BCUT2D eigenvalue weighted by molar-refractivity contribution is -0.0465. The van der Waals surface area contributed by atoms with Gasteiger partial charge in [-0.3, -0.25) is 4.90 Å². The molecular weight excluding hydrogens is 234 g/mol. The van der Waals surface area contributed by atoms with E-state index in [0.717, 1.165) is 5.92 Å². The van der Waals surface area contributed by atoms with Gasteiger partial charge in [0.2, 0.25) is 0 Å². The molecule has 106 valence electrons. The molecule has 0 aromatic heterocycles. The first-order valence-corrected chi connectivity index (χ1v) is 7.94. The number of hydrogen-bond donors (Lipinski definition) is 0. The van der Waals surface area contributed by atoms with Crippen molar-refractivity contribution in [3.05, 3.63) is 25.3 Å². The zero-order chi connectivity index (χ0) is 13.2. The standard InChI is InChI=1S/C17H27NO/c1-3-10-19-17-15-12-14(11-13(15)4-2)16(17)18-8-6-5-7-9-18/h3-4,13-17H,1-2,5-12H2. The zero-order valence-corrected chi connectivity index (χ0v) is 12.0. The van der Waals surface area contributed by atoms with Gasteiger partial charge in [0.15, 0.2) is 0 Å². The van der Waals surface area contributed by atoms with Gasteiger partial charge < -0.3 is 4.74 Å². The largest absolute Gasteiger partial charge is 0.372 e. The average Bonchev–Trinajstić information content (AvgIpc) is 3.03. The van der Waals surface area contributed by atoms with Crippen LogP contribution in [0.4, 0.5) is 0 Å². The Bertz CT molecular complexity index is 334. The van der Waals surface area contributed by atoms with Crippen LogP contribution >= 0.6 is 0 Å². The minimum atomic E-state index is 0.415. The van der Waals surface area contributed by atoms with Crippen molar-refractivity contribution >= 4 is 0 Å². The van der Waals surface area contributed by atoms with Crippen LogP contribution < -0.4 is 0 Å². The predicted octanol–water partition coefficient (Wildman–Crippen LogP) is 3.25. The van der Waals surface area contributed by atoms with Gasteiger partial charge in [0.25, 0.3) is 0 Å². The molecule has 2 aliphatic carbocycles. The predicted molar refractivity (Wildman–Crippen MR) is 79.1 cm³/mol. The summed E-state index contributed by atoms with van der Waals surface area (Å²) in [7, 11) is 0. The van der Waals surface area contributed by atoms with E-state index < -0.39 is 0 Å². The fourth-order valence-corrected chi connectivity index (χ4v) is 4.72. The van der Waals surface area contributed by atoms with Gasteiger partial charge in [0.05, 0.1) is 12.7 Å². The minimum Gasteiger partial charge on any atom is -0.372 e. The second-order valence-corrected chi connectivity index (χ2v) is 6.47. The summed E-state index contributed by atoms with van der Waals surface area (Å²) in [5, 5.41) is 0. The molecule has 1 heterocycles. The molecule has 1 aliphatic heterocycles. The summed E-state index contributed by atoms with van der Waals surface area (Å²) < 4.78 is 6.18. The van der Waals surface area contributed by atoms with Crippen molar-refractivity contribution in [1.82, 2.24) is 4.90 Å². The van der Waals surface area contributed by atoms with Gasteiger partial charge in [-0.15, -0.1) is 13.2 Å². The molecule has 0 N–H and O–H groups in total. The third-order valence-electron chi connectivity index (χ3n) is 5.46. The lowest BCUT2D eigenvalue weighted by atomic mass is 9.82. The topological polar surface area (TPSA) is 12.5 Å². The molecule has 1 saturated heterocycles. The molecule has 0 aromatic carbocycles. The highest BCUT2D eigenvalue weighted by molar-refractivity contribution is 5.10. The zero-order valence-electron chi connectivity index (χ0n) is 12.0. The Balaban J connectivity index is 1.73. The van der Waals surface area contributed by atoms with Gasteiger partial charge in [0, 0.05) is 6.04 Å². The molecule has 0 spiro atoms. The summed E-state index contributed by atoms with van der Waals surface area (Å²) in [6.45, 7) is 11.1. The van der Waals surface area contributed by atoms with Crippen LogP contribution in [0.1, 0.15) is 32.1 Å². The van der Waals surface area contributed by atoms with Crippen LogP contribution in [-0.2, 0) is 4.74 Å². The summed E-state index contributed by atoms with van der Waals surface area (Å²) in [5.74, 6) is 2.22. The fourth-order valence-electron chi connectivity index (χ4n) is 4.72. The van der Waals surface area contributed by atoms with Gasteiger partial charge in [-0.25, -0.2) is 0 Å². The second kappa shape index (κ2) is 5.80. The van der Waals surface area contributed by atoms with Crippen LogP contribution in [0.3, 0.4) is 0 Å². The molecule has 0 radical (unpaired) electrons. The summed E-state index contributed by atoms with van der Waals surface area (Å²) in [4.78, 5) is 2.72. The molecule has 2 nitrogen and oxygen atoms in total. The molecule has 2 saturated carbocycles. The molecule has 0 aromatic rings. The van der Waals surface area contributed by atoms with Crippen LogP contribution in [0.25, 0.3) is 0 Å². The maximum absolute atomic E-state index is 6.18. The van der Waals surface area contributed by atoms with Gasteiger partial charge >= 0.3 is 0 Å². The summed E-state index contributed by atoms with van der Waals surface area (Å²) in [6, 6.07) is 0.668. The van der Waals surface area contributed by atoms with Crippen molar-refractivity contribution in [3.8, 4) is 0 Å². The number of likely N-dealkylation sites (tertiary alicyclic amines) is 1. The van der Waals surface area contributed by atoms with Crippen LogP contribution in [0.2, 0.25) is 0 Å². The number of hydrogen-bond acceptors (Lipinski definition) is 2. The van der Waals surface area contributed by atoms with Crippen molar-refractivity contribution in [2.75, 3.05) is 19.7 Å². The fraction of sp³-hybridized carbons (Fsp3) is 0.765. The number of piperidine rings is 1. The van der Waals surface area contributed by atoms with Gasteiger partial charge in [-0.05, 0) is 56.5 Å². The van der Waals surface area contributed by atoms with Crippen LogP contribution in [0, 0.1) is 17.8 Å². The smallest absolute Gasteiger partial charge is 0.0771 e. The van der Waals surface area contributed by atoms with E-state index in [1.165, 1.54) is 45.2 Å². The third-order valence-corrected chi connectivity index (χ3v) is 5.46. The number of fused-ring (bicyclic) bond motifs is 2. The molecule has 2 bridgehead atoms. The Labute approximate surface area is 117 Å². The highest BCUT2D eigenvalue weighted by Gasteiger charge is 2.54. The van der Waals surface area contributed by atoms with E-state index in [1.807, 2.05) is 6.08 Å². The molecular formula is C17H27NO. The maximum Gasteiger partial charge on any atom is 0.0771 e. The number of rotatable bonds is 5. The first-order valence-electron chi connectivity index (χ1n) is 7.94. The summed E-state index contributed by atoms with van der Waals surface area (Å²) in [6.07, 6.45) is 11.3. The Kier molecular flexibility index (Phi) is 4.09. The summed E-state index contributed by atoms with van der Waals surface area (Å²) >= 11 is 0. The Morgan fingerprint density at radius 2 is 1.89 bits per heavy atom. The van der Waals surface area contributed by atoms with E-state index in [1.54, 1.807) is 0 Å². The first kappa shape index (κ1) is 13.4. The quantitative estimate of drug-likeness (QED) is 0.704. The normalized spacial score (nSPS) is 42.4. The molecule has 5 atom stereocenters. The van der Waals surface area contributed by atoms with Gasteiger partial charge in [-0.1, -0.05) is 18.6 Å². The molecule has 19 heavy (non-hydrogen) atoms. The van der Waals surface area contributed by atoms with E-state index in [2.05, 4.69) is 24.1 Å². The van der Waals surface area contributed by atoms with Gasteiger partial charge in [0.1, 0.15) is 0 Å². The highest BCUT2D eigenvalue weighted by Crippen LogP contribution is 2.52. The van der Waals surface area contributed by atoms with Crippen molar-refractivity contribution in [3.63, 3.8) is 0 Å². The van der Waals surface area contributed by atoms with Crippen molar-refractivity contribution in [1.29, 1.82) is 0 Å². The molecule has 2 heteroatoms. The van der Waals surface area contributed by atoms with E-state index in [9.17, 15) is 0 Å². The summed E-state index contributed by atoms with van der Waals surface area (Å²) in [5.41, 5.74) is 0. The van der Waals surface area contributed by atoms with E-state index in [4.69, 9.17) is 4.74 Å². The van der Waals surface area contributed by atoms with E-state index in [-0.39, 0.29) is 0 Å². The Hall–Kier alpha value is -0.600. The van der Waals surface area contributed by atoms with Crippen LogP contribution in [0.15, 0.2) is 25.3 Å². The number of allylic oxidation sites excluding steroid dienone is 1. The average molecular weight is 261 g/mol. The molecule has 3 rings (SSSR count). The molecule has 5 unspecified atom stereocenters. The van der Waals surface area contributed by atoms with E-state index >= 15 is 0 Å². The number of nitrogens with zero attached hydrogens (tertiary/aromatic N) is 1. The number of ether oxygens (including phenoxy) is 1. The molecule has 3 aliphatic rings. The van der Waals surface area contributed by atoms with Crippen LogP contribution in [0.5, 0.6) is 0 Å². The van der Waals surface area contributed by atoms with Gasteiger partial charge in [-0.2, -0.15) is 0 Å². The second-order valence-electron chi connectivity index (χ2n) is 6.47. The Morgan fingerprint density at radius 1 is 1.11 bits per heavy atom. The van der Waals surface area contributed by atoms with Crippen molar-refractivity contribution < 1.29 is 4.74 Å². The monoisotopic (exact) mass is 261 g/mol. The highest BCUT2D eigenvalue weighted by atomic mass is 16.5. The lowest BCUT2D eigenvalue weighted by Crippen LogP contribution is -2.51.